The summed E-state index contributed by atoms with van der Waals surface area (Å²) in [4.78, 5) is 12.8. The second-order valence-corrected chi connectivity index (χ2v) is 8.84. The highest BCUT2D eigenvalue weighted by molar-refractivity contribution is 7.92. The molecule has 1 heterocycles. The summed E-state index contributed by atoms with van der Waals surface area (Å²) in [6.45, 7) is 3.01. The standard InChI is InChI=1S/C23H22N2O5S/c1-16-3-10-20(11-4-16)31(27,28)25-19-8-6-18(7-9-19)24-23(26)17-5-12-21-22(15-17)30-14-2-13-29-21/h3-12,15,25H,2,13-14H2,1H3,(H,24,26). The molecule has 8 heteroatoms. The fourth-order valence-corrected chi connectivity index (χ4v) is 4.12. The number of hydrogen-bond acceptors (Lipinski definition) is 5. The number of ether oxygens (including phenoxy) is 2. The third kappa shape index (κ3) is 4.97. The summed E-state index contributed by atoms with van der Waals surface area (Å²) in [5, 5.41) is 2.80. The molecule has 1 aliphatic rings. The molecule has 0 fully saturated rings. The van der Waals surface area contributed by atoms with Gasteiger partial charge in [0, 0.05) is 23.4 Å². The van der Waals surface area contributed by atoms with E-state index in [9.17, 15) is 13.2 Å². The van der Waals surface area contributed by atoms with Gasteiger partial charge in [-0.2, -0.15) is 0 Å². The first-order valence-corrected chi connectivity index (χ1v) is 11.3. The van der Waals surface area contributed by atoms with Gasteiger partial charge in [0.05, 0.1) is 18.1 Å². The van der Waals surface area contributed by atoms with Crippen LogP contribution < -0.4 is 19.5 Å². The molecule has 3 aromatic carbocycles. The van der Waals surface area contributed by atoms with Crippen LogP contribution in [0.5, 0.6) is 11.5 Å². The highest BCUT2D eigenvalue weighted by atomic mass is 32.2. The Bertz CT molecular complexity index is 1190. The number of benzene rings is 3. The largest absolute Gasteiger partial charge is 0.490 e. The van der Waals surface area contributed by atoms with E-state index in [4.69, 9.17) is 9.47 Å². The molecule has 0 saturated heterocycles. The SMILES string of the molecule is Cc1ccc(S(=O)(=O)Nc2ccc(NC(=O)c3ccc4c(c3)OCCCO4)cc2)cc1. The highest BCUT2D eigenvalue weighted by Crippen LogP contribution is 2.30. The molecule has 0 radical (unpaired) electrons. The molecular formula is C23H22N2O5S. The second kappa shape index (κ2) is 8.69. The fraction of sp³-hybridized carbons (Fsp3) is 0.174. The molecule has 31 heavy (non-hydrogen) atoms. The molecule has 0 saturated carbocycles. The van der Waals surface area contributed by atoms with Crippen molar-refractivity contribution in [2.45, 2.75) is 18.2 Å². The molecule has 0 bridgehead atoms. The number of nitrogens with one attached hydrogen (secondary N) is 2. The van der Waals surface area contributed by atoms with Crippen molar-refractivity contribution < 1.29 is 22.7 Å². The van der Waals surface area contributed by atoms with Crippen molar-refractivity contribution in [3.8, 4) is 11.5 Å². The predicted molar refractivity (Wildman–Crippen MR) is 118 cm³/mol. The third-order valence-electron chi connectivity index (χ3n) is 4.74. The second-order valence-electron chi connectivity index (χ2n) is 7.16. The minimum absolute atomic E-state index is 0.185. The number of sulfonamides is 1. The van der Waals surface area contributed by atoms with Gasteiger partial charge in [-0.25, -0.2) is 8.42 Å². The Labute approximate surface area is 181 Å². The van der Waals surface area contributed by atoms with Crippen LogP contribution in [0.15, 0.2) is 71.6 Å². The summed E-state index contributed by atoms with van der Waals surface area (Å²) < 4.78 is 38.7. The van der Waals surface area contributed by atoms with E-state index in [2.05, 4.69) is 10.0 Å². The molecule has 0 atom stereocenters. The molecule has 160 valence electrons. The summed E-state index contributed by atoms with van der Waals surface area (Å²) in [7, 11) is -3.68. The number of aryl methyl sites for hydroxylation is 1. The van der Waals surface area contributed by atoms with Gasteiger partial charge in [0.2, 0.25) is 0 Å². The van der Waals surface area contributed by atoms with E-state index in [1.165, 1.54) is 0 Å². The van der Waals surface area contributed by atoms with Crippen molar-refractivity contribution in [3.05, 3.63) is 77.9 Å². The van der Waals surface area contributed by atoms with Gasteiger partial charge in [0.1, 0.15) is 0 Å². The van der Waals surface area contributed by atoms with Crippen LogP contribution in [-0.4, -0.2) is 27.5 Å². The van der Waals surface area contributed by atoms with Crippen LogP contribution in [0, 0.1) is 6.92 Å². The number of amides is 1. The first-order valence-electron chi connectivity index (χ1n) is 9.81. The Morgan fingerprint density at radius 1 is 0.839 bits per heavy atom. The zero-order chi connectivity index (χ0) is 21.8. The molecule has 0 spiro atoms. The monoisotopic (exact) mass is 438 g/mol. The number of hydrogen-bond donors (Lipinski definition) is 2. The molecule has 0 aliphatic carbocycles. The Hall–Kier alpha value is -3.52. The Morgan fingerprint density at radius 2 is 1.48 bits per heavy atom. The first kappa shape index (κ1) is 20.7. The van der Waals surface area contributed by atoms with Gasteiger partial charge in [0.25, 0.3) is 15.9 Å². The van der Waals surface area contributed by atoms with Gasteiger partial charge in [-0.3, -0.25) is 9.52 Å². The van der Waals surface area contributed by atoms with Crippen LogP contribution in [0.3, 0.4) is 0 Å². The Morgan fingerprint density at radius 3 is 2.19 bits per heavy atom. The molecule has 0 aromatic heterocycles. The number of fused-ring (bicyclic) bond motifs is 1. The minimum atomic E-state index is -3.68. The average Bonchev–Trinajstić information content (AvgIpc) is 3.00. The van der Waals surface area contributed by atoms with Crippen LogP contribution in [0.25, 0.3) is 0 Å². The molecule has 2 N–H and O–H groups in total. The Balaban J connectivity index is 1.43. The van der Waals surface area contributed by atoms with Crippen LogP contribution >= 0.6 is 0 Å². The minimum Gasteiger partial charge on any atom is -0.490 e. The fourth-order valence-electron chi connectivity index (χ4n) is 3.06. The molecule has 3 aromatic rings. The van der Waals surface area contributed by atoms with E-state index in [1.54, 1.807) is 66.7 Å². The van der Waals surface area contributed by atoms with E-state index in [-0.39, 0.29) is 10.8 Å². The molecule has 0 unspecified atom stereocenters. The van der Waals surface area contributed by atoms with E-state index in [1.807, 2.05) is 6.92 Å². The molecule has 4 rings (SSSR count). The third-order valence-corrected chi connectivity index (χ3v) is 6.13. The van der Waals surface area contributed by atoms with Gasteiger partial charge >= 0.3 is 0 Å². The van der Waals surface area contributed by atoms with Crippen LogP contribution in [-0.2, 0) is 10.0 Å². The summed E-state index contributed by atoms with van der Waals surface area (Å²) in [6.07, 6.45) is 0.788. The normalized spacial score (nSPS) is 13.2. The van der Waals surface area contributed by atoms with E-state index in [0.29, 0.717) is 41.7 Å². The lowest BCUT2D eigenvalue weighted by Crippen LogP contribution is -2.14. The van der Waals surface area contributed by atoms with E-state index < -0.39 is 10.0 Å². The van der Waals surface area contributed by atoms with Crippen molar-refractivity contribution in [1.82, 2.24) is 0 Å². The van der Waals surface area contributed by atoms with Crippen LogP contribution in [0.4, 0.5) is 11.4 Å². The number of carbonyl (C=O) groups is 1. The van der Waals surface area contributed by atoms with Gasteiger partial charge in [0.15, 0.2) is 11.5 Å². The zero-order valence-electron chi connectivity index (χ0n) is 16.9. The van der Waals surface area contributed by atoms with E-state index in [0.717, 1.165) is 12.0 Å². The summed E-state index contributed by atoms with van der Waals surface area (Å²) in [6, 6.07) is 18.1. The summed E-state index contributed by atoms with van der Waals surface area (Å²) >= 11 is 0. The average molecular weight is 439 g/mol. The van der Waals surface area contributed by atoms with Crippen molar-refractivity contribution in [1.29, 1.82) is 0 Å². The molecule has 7 nitrogen and oxygen atoms in total. The summed E-state index contributed by atoms with van der Waals surface area (Å²) in [5.41, 5.74) is 2.35. The van der Waals surface area contributed by atoms with Crippen molar-refractivity contribution in [3.63, 3.8) is 0 Å². The lowest BCUT2D eigenvalue weighted by atomic mass is 10.2. The first-order chi connectivity index (χ1) is 14.9. The lowest BCUT2D eigenvalue weighted by molar-refractivity contribution is 0.102. The molecule has 1 amide bonds. The Kier molecular flexibility index (Phi) is 5.81. The van der Waals surface area contributed by atoms with Crippen LogP contribution in [0.2, 0.25) is 0 Å². The van der Waals surface area contributed by atoms with Gasteiger partial charge < -0.3 is 14.8 Å². The van der Waals surface area contributed by atoms with Gasteiger partial charge in [-0.15, -0.1) is 0 Å². The molecule has 1 aliphatic heterocycles. The quantitative estimate of drug-likeness (QED) is 0.622. The smallest absolute Gasteiger partial charge is 0.261 e. The number of anilines is 2. The predicted octanol–water partition coefficient (Wildman–Crippen LogP) is 4.21. The van der Waals surface area contributed by atoms with Crippen molar-refractivity contribution in [2.24, 2.45) is 0 Å². The maximum Gasteiger partial charge on any atom is 0.261 e. The zero-order valence-corrected chi connectivity index (χ0v) is 17.7. The molecular weight excluding hydrogens is 416 g/mol. The number of rotatable bonds is 5. The number of carbonyl (C=O) groups excluding carboxylic acids is 1. The van der Waals surface area contributed by atoms with Crippen molar-refractivity contribution in [2.75, 3.05) is 23.3 Å². The van der Waals surface area contributed by atoms with Crippen molar-refractivity contribution >= 4 is 27.3 Å². The van der Waals surface area contributed by atoms with E-state index >= 15 is 0 Å². The highest BCUT2D eigenvalue weighted by Gasteiger charge is 2.16. The van der Waals surface area contributed by atoms with Crippen LogP contribution in [0.1, 0.15) is 22.3 Å². The maximum absolute atomic E-state index is 12.6. The maximum atomic E-state index is 12.6. The topological polar surface area (TPSA) is 93.7 Å². The van der Waals surface area contributed by atoms with Gasteiger partial charge in [-0.1, -0.05) is 17.7 Å². The lowest BCUT2D eigenvalue weighted by Gasteiger charge is -2.11. The van der Waals surface area contributed by atoms with Gasteiger partial charge in [-0.05, 0) is 61.5 Å². The summed E-state index contributed by atoms with van der Waals surface area (Å²) in [5.74, 6) is 0.869.